The molecule has 0 aliphatic heterocycles. The Balaban J connectivity index is 2.44. The van der Waals surface area contributed by atoms with Gasteiger partial charge in [-0.2, -0.15) is 0 Å². The zero-order valence-corrected chi connectivity index (χ0v) is 10.4. The summed E-state index contributed by atoms with van der Waals surface area (Å²) < 4.78 is 5.01. The molecular weight excluding hydrogens is 242 g/mol. The third-order valence-electron chi connectivity index (χ3n) is 2.25. The van der Waals surface area contributed by atoms with Crippen LogP contribution in [0.3, 0.4) is 0 Å². The van der Waals surface area contributed by atoms with Crippen LogP contribution in [0.1, 0.15) is 18.9 Å². The molecule has 1 aromatic carbocycles. The van der Waals surface area contributed by atoms with Gasteiger partial charge >= 0.3 is 5.97 Å². The molecule has 0 aliphatic carbocycles. The predicted molar refractivity (Wildman–Crippen MR) is 65.5 cm³/mol. The largest absolute Gasteiger partial charge is 0.461 e. The summed E-state index contributed by atoms with van der Waals surface area (Å²) in [7, 11) is 0. The number of hydrogen-bond donors (Lipinski definition) is 2. The van der Waals surface area contributed by atoms with Crippen LogP contribution >= 0.6 is 11.6 Å². The van der Waals surface area contributed by atoms with Crippen molar-refractivity contribution in [3.8, 4) is 0 Å². The van der Waals surface area contributed by atoms with Crippen molar-refractivity contribution >= 4 is 17.6 Å². The highest BCUT2D eigenvalue weighted by Gasteiger charge is 2.23. The van der Waals surface area contributed by atoms with Gasteiger partial charge in [-0.15, -0.1) is 0 Å². The van der Waals surface area contributed by atoms with Gasteiger partial charge in [0, 0.05) is 11.6 Å². The lowest BCUT2D eigenvalue weighted by atomic mass is 10.0. The fourth-order valence-electron chi connectivity index (χ4n) is 1.22. The molecule has 0 heterocycles. The number of carbonyl (C=O) groups is 1. The van der Waals surface area contributed by atoms with E-state index in [-0.39, 0.29) is 19.6 Å². The van der Waals surface area contributed by atoms with Crippen LogP contribution in [0.2, 0.25) is 5.02 Å². The highest BCUT2D eigenvalue weighted by Crippen LogP contribution is 2.13. The maximum absolute atomic E-state index is 11.4. The molecule has 0 amide bonds. The second kappa shape index (κ2) is 6.00. The lowest BCUT2D eigenvalue weighted by Gasteiger charge is -2.19. The summed E-state index contributed by atoms with van der Waals surface area (Å²) in [6.45, 7) is 1.65. The first-order chi connectivity index (χ1) is 7.93. The van der Waals surface area contributed by atoms with E-state index in [9.17, 15) is 9.90 Å². The van der Waals surface area contributed by atoms with Gasteiger partial charge in [-0.1, -0.05) is 23.7 Å². The summed E-state index contributed by atoms with van der Waals surface area (Å²) in [5, 5.41) is 10.2. The first-order valence-corrected chi connectivity index (χ1v) is 5.63. The SMILES string of the molecule is CC(O)(CN)CC(=O)OCc1cccc(Cl)c1. The van der Waals surface area contributed by atoms with E-state index in [0.29, 0.717) is 5.02 Å². The molecule has 4 nitrogen and oxygen atoms in total. The monoisotopic (exact) mass is 257 g/mol. The number of nitrogens with two attached hydrogens (primary N) is 1. The third-order valence-corrected chi connectivity index (χ3v) is 2.49. The minimum atomic E-state index is -1.22. The minimum Gasteiger partial charge on any atom is -0.461 e. The number of aliphatic hydroxyl groups is 1. The summed E-state index contributed by atoms with van der Waals surface area (Å²) in [5.41, 5.74) is 4.89. The highest BCUT2D eigenvalue weighted by molar-refractivity contribution is 6.30. The molecular formula is C12H16ClNO3. The van der Waals surface area contributed by atoms with Crippen LogP contribution < -0.4 is 5.73 Å². The Labute approximate surface area is 105 Å². The minimum absolute atomic E-state index is 0.0132. The van der Waals surface area contributed by atoms with Gasteiger partial charge in [0.15, 0.2) is 0 Å². The molecule has 0 radical (unpaired) electrons. The molecule has 1 atom stereocenters. The zero-order chi connectivity index (χ0) is 12.9. The van der Waals surface area contributed by atoms with Crippen molar-refractivity contribution in [2.24, 2.45) is 5.73 Å². The summed E-state index contributed by atoms with van der Waals surface area (Å²) in [4.78, 5) is 11.4. The van der Waals surface area contributed by atoms with E-state index in [4.69, 9.17) is 22.1 Å². The van der Waals surface area contributed by atoms with Crippen molar-refractivity contribution in [3.05, 3.63) is 34.9 Å². The molecule has 17 heavy (non-hydrogen) atoms. The van der Waals surface area contributed by atoms with Crippen LogP contribution in [-0.2, 0) is 16.1 Å². The lowest BCUT2D eigenvalue weighted by molar-refractivity contribution is -0.149. The van der Waals surface area contributed by atoms with Crippen LogP contribution in [0.5, 0.6) is 0 Å². The van der Waals surface area contributed by atoms with Gasteiger partial charge < -0.3 is 15.6 Å². The Kier molecular flexibility index (Phi) is 4.93. The van der Waals surface area contributed by atoms with E-state index >= 15 is 0 Å². The van der Waals surface area contributed by atoms with Crippen LogP contribution in [0.15, 0.2) is 24.3 Å². The Hall–Kier alpha value is -1.10. The summed E-state index contributed by atoms with van der Waals surface area (Å²) in [5.74, 6) is -0.486. The van der Waals surface area contributed by atoms with Gasteiger partial charge in [-0.05, 0) is 24.6 Å². The second-order valence-electron chi connectivity index (χ2n) is 4.17. The van der Waals surface area contributed by atoms with E-state index in [1.54, 1.807) is 24.3 Å². The molecule has 0 aromatic heterocycles. The van der Waals surface area contributed by atoms with Gasteiger partial charge in [0.25, 0.3) is 0 Å². The van der Waals surface area contributed by atoms with Crippen molar-refractivity contribution in [1.29, 1.82) is 0 Å². The Morgan fingerprint density at radius 1 is 1.59 bits per heavy atom. The van der Waals surface area contributed by atoms with E-state index in [2.05, 4.69) is 0 Å². The van der Waals surface area contributed by atoms with Gasteiger partial charge in [-0.25, -0.2) is 0 Å². The van der Waals surface area contributed by atoms with E-state index < -0.39 is 11.6 Å². The lowest BCUT2D eigenvalue weighted by Crippen LogP contribution is -2.36. The quantitative estimate of drug-likeness (QED) is 0.784. The highest BCUT2D eigenvalue weighted by atomic mass is 35.5. The van der Waals surface area contributed by atoms with Crippen LogP contribution in [0.25, 0.3) is 0 Å². The van der Waals surface area contributed by atoms with Crippen LogP contribution in [0.4, 0.5) is 0 Å². The normalized spacial score (nSPS) is 14.1. The summed E-state index contributed by atoms with van der Waals surface area (Å²) >= 11 is 5.79. The van der Waals surface area contributed by atoms with Gasteiger partial charge in [0.1, 0.15) is 6.61 Å². The number of hydrogen-bond acceptors (Lipinski definition) is 4. The van der Waals surface area contributed by atoms with Crippen LogP contribution in [-0.4, -0.2) is 23.2 Å². The van der Waals surface area contributed by atoms with Gasteiger partial charge in [0.05, 0.1) is 12.0 Å². The molecule has 0 spiro atoms. The van der Waals surface area contributed by atoms with Gasteiger partial charge in [0.2, 0.25) is 0 Å². The number of benzene rings is 1. The first-order valence-electron chi connectivity index (χ1n) is 5.25. The Morgan fingerprint density at radius 3 is 2.88 bits per heavy atom. The molecule has 0 bridgehead atoms. The van der Waals surface area contributed by atoms with Crippen molar-refractivity contribution < 1.29 is 14.6 Å². The maximum Gasteiger partial charge on any atom is 0.309 e. The van der Waals surface area contributed by atoms with Gasteiger partial charge in [-0.3, -0.25) is 4.79 Å². The molecule has 5 heteroatoms. The standard InChI is InChI=1S/C12H16ClNO3/c1-12(16,8-14)6-11(15)17-7-9-3-2-4-10(13)5-9/h2-5,16H,6-8,14H2,1H3. The average molecular weight is 258 g/mol. The fraction of sp³-hybridized carbons (Fsp3) is 0.417. The molecule has 0 aliphatic rings. The molecule has 0 fully saturated rings. The van der Waals surface area contributed by atoms with Crippen LogP contribution in [0, 0.1) is 0 Å². The molecule has 94 valence electrons. The first kappa shape index (κ1) is 14.0. The number of esters is 1. The molecule has 1 unspecified atom stereocenters. The third kappa shape index (κ3) is 5.17. The summed E-state index contributed by atoms with van der Waals surface area (Å²) in [6, 6.07) is 7.05. The molecule has 0 saturated heterocycles. The Morgan fingerprint density at radius 2 is 2.29 bits per heavy atom. The summed E-state index contributed by atoms with van der Waals surface area (Å²) in [6.07, 6.45) is -0.121. The number of carbonyl (C=O) groups excluding carboxylic acids is 1. The van der Waals surface area contributed by atoms with Crippen molar-refractivity contribution in [3.63, 3.8) is 0 Å². The number of ether oxygens (including phenoxy) is 1. The average Bonchev–Trinajstić information content (AvgIpc) is 2.26. The smallest absolute Gasteiger partial charge is 0.309 e. The maximum atomic E-state index is 11.4. The Bertz CT molecular complexity index is 393. The van der Waals surface area contributed by atoms with E-state index in [1.165, 1.54) is 6.92 Å². The van der Waals surface area contributed by atoms with Crippen molar-refractivity contribution in [1.82, 2.24) is 0 Å². The van der Waals surface area contributed by atoms with Crippen molar-refractivity contribution in [2.45, 2.75) is 25.6 Å². The van der Waals surface area contributed by atoms with E-state index in [1.807, 2.05) is 0 Å². The molecule has 3 N–H and O–H groups in total. The number of rotatable bonds is 5. The molecule has 1 aromatic rings. The zero-order valence-electron chi connectivity index (χ0n) is 9.65. The van der Waals surface area contributed by atoms with E-state index in [0.717, 1.165) is 5.56 Å². The van der Waals surface area contributed by atoms with Crippen molar-refractivity contribution in [2.75, 3.05) is 6.54 Å². The molecule has 1 rings (SSSR count). The molecule has 0 saturated carbocycles. The fourth-order valence-corrected chi connectivity index (χ4v) is 1.44. The number of halogens is 1. The predicted octanol–water partition coefficient (Wildman–Crippen LogP) is 1.48. The topological polar surface area (TPSA) is 72.5 Å². The second-order valence-corrected chi connectivity index (χ2v) is 4.60.